The monoisotopic (exact) mass is 241 g/mol. The Kier molecular flexibility index (Phi) is 8.68. The van der Waals surface area contributed by atoms with Crippen LogP contribution in [0.2, 0.25) is 0 Å². The van der Waals surface area contributed by atoms with Gasteiger partial charge >= 0.3 is 0 Å². The van der Waals surface area contributed by atoms with E-state index in [2.05, 4.69) is 25.3 Å². The predicted octanol–water partition coefficient (Wildman–Crippen LogP) is 2.19. The number of rotatable bonds is 6. The third-order valence-electron chi connectivity index (χ3n) is 1.95. The minimum atomic E-state index is -0.231. The topological polar surface area (TPSA) is 37.4 Å². The number of carbonyl (C=O) groups is 2. The van der Waals surface area contributed by atoms with E-state index in [0.717, 1.165) is 12.8 Å². The number of imide groups is 1. The number of hydrogen-bond acceptors (Lipinski definition) is 3. The quantitative estimate of drug-likeness (QED) is 0.572. The first kappa shape index (κ1) is 15.0. The molecule has 0 radical (unpaired) electrons. The van der Waals surface area contributed by atoms with Crippen LogP contribution in [0.5, 0.6) is 0 Å². The number of hydrogen-bond donors (Lipinski definition) is 1. The van der Waals surface area contributed by atoms with E-state index >= 15 is 0 Å². The van der Waals surface area contributed by atoms with Crippen molar-refractivity contribution < 1.29 is 9.59 Å². The van der Waals surface area contributed by atoms with Crippen molar-refractivity contribution in [2.45, 2.75) is 33.1 Å². The van der Waals surface area contributed by atoms with Gasteiger partial charge in [0, 0.05) is 19.2 Å². The molecule has 0 unspecified atom stereocenters. The molecule has 0 bridgehead atoms. The summed E-state index contributed by atoms with van der Waals surface area (Å²) in [6.07, 6.45) is 5.79. The zero-order chi connectivity index (χ0) is 12.4. The molecule has 0 aromatic heterocycles. The molecular formula is C12H19NO2S. The van der Waals surface area contributed by atoms with Gasteiger partial charge in [-0.25, -0.2) is 0 Å². The van der Waals surface area contributed by atoms with Crippen LogP contribution in [0, 0.1) is 0 Å². The average Bonchev–Trinajstić information content (AvgIpc) is 2.24. The zero-order valence-corrected chi connectivity index (χ0v) is 10.8. The standard InChI is InChI=1S/C12H19NO2S/c1-3-4-5-6-7-8-12(15)13(9-10-16)11(2)14/h5,7,16H,3-4,8-10H2,1-2H3. The Bertz CT molecular complexity index is 293. The molecule has 0 aliphatic rings. The summed E-state index contributed by atoms with van der Waals surface area (Å²) in [5.74, 6) is 0.0599. The largest absolute Gasteiger partial charge is 0.282 e. The molecular weight excluding hydrogens is 222 g/mol. The first-order valence-electron chi connectivity index (χ1n) is 5.44. The van der Waals surface area contributed by atoms with Gasteiger partial charge in [-0.15, -0.1) is 5.73 Å². The number of nitrogens with zero attached hydrogens (tertiary/aromatic N) is 1. The van der Waals surface area contributed by atoms with Crippen LogP contribution in [0.25, 0.3) is 0 Å². The van der Waals surface area contributed by atoms with Crippen LogP contribution in [0.15, 0.2) is 17.9 Å². The highest BCUT2D eigenvalue weighted by atomic mass is 32.1. The van der Waals surface area contributed by atoms with Gasteiger partial charge in [-0.05, 0) is 18.6 Å². The highest BCUT2D eigenvalue weighted by Gasteiger charge is 2.14. The molecule has 0 atom stereocenters. The molecule has 0 saturated carbocycles. The van der Waals surface area contributed by atoms with Crippen molar-refractivity contribution in [2.75, 3.05) is 12.3 Å². The van der Waals surface area contributed by atoms with Crippen molar-refractivity contribution in [3.05, 3.63) is 17.9 Å². The van der Waals surface area contributed by atoms with Crippen molar-refractivity contribution in [2.24, 2.45) is 0 Å². The van der Waals surface area contributed by atoms with Gasteiger partial charge in [0.25, 0.3) is 0 Å². The summed E-state index contributed by atoms with van der Waals surface area (Å²) in [6, 6.07) is 0. The van der Waals surface area contributed by atoms with Gasteiger partial charge in [-0.1, -0.05) is 13.3 Å². The molecule has 0 spiro atoms. The van der Waals surface area contributed by atoms with Crippen LogP contribution >= 0.6 is 12.6 Å². The Hall–Kier alpha value is -0.990. The van der Waals surface area contributed by atoms with E-state index in [9.17, 15) is 9.59 Å². The van der Waals surface area contributed by atoms with Crippen LogP contribution in [0.4, 0.5) is 0 Å². The summed E-state index contributed by atoms with van der Waals surface area (Å²) in [5.41, 5.74) is 2.93. The smallest absolute Gasteiger partial charge is 0.233 e. The number of carbonyl (C=O) groups excluding carboxylic acids is 2. The maximum Gasteiger partial charge on any atom is 0.233 e. The molecule has 0 saturated heterocycles. The lowest BCUT2D eigenvalue weighted by Crippen LogP contribution is -2.36. The minimum absolute atomic E-state index is 0.195. The van der Waals surface area contributed by atoms with Gasteiger partial charge in [0.2, 0.25) is 11.8 Å². The summed E-state index contributed by atoms with van der Waals surface area (Å²) in [6.45, 7) is 3.83. The molecule has 0 heterocycles. The lowest BCUT2D eigenvalue weighted by molar-refractivity contribution is -0.142. The van der Waals surface area contributed by atoms with E-state index in [-0.39, 0.29) is 18.2 Å². The van der Waals surface area contributed by atoms with E-state index in [0.29, 0.717) is 12.3 Å². The summed E-state index contributed by atoms with van der Waals surface area (Å²) in [4.78, 5) is 23.9. The molecule has 90 valence electrons. The number of unbranched alkanes of at least 4 members (excludes halogenated alkanes) is 1. The van der Waals surface area contributed by atoms with Gasteiger partial charge in [0.05, 0.1) is 6.42 Å². The Labute approximate surface area is 103 Å². The van der Waals surface area contributed by atoms with E-state index in [1.807, 2.05) is 6.08 Å². The molecule has 0 aromatic carbocycles. The second-order valence-electron chi connectivity index (χ2n) is 3.36. The number of amides is 2. The zero-order valence-electron chi connectivity index (χ0n) is 9.90. The first-order valence-corrected chi connectivity index (χ1v) is 6.07. The fourth-order valence-corrected chi connectivity index (χ4v) is 1.33. The maximum atomic E-state index is 11.6. The Balaban J connectivity index is 4.21. The normalized spacial score (nSPS) is 9.19. The second-order valence-corrected chi connectivity index (χ2v) is 3.80. The number of thiol groups is 1. The van der Waals surface area contributed by atoms with Crippen LogP contribution in [-0.4, -0.2) is 29.0 Å². The first-order chi connectivity index (χ1) is 7.63. The molecule has 2 amide bonds. The lowest BCUT2D eigenvalue weighted by Gasteiger charge is -2.16. The third-order valence-corrected chi connectivity index (χ3v) is 2.15. The van der Waals surface area contributed by atoms with Gasteiger partial charge in [-0.2, -0.15) is 12.6 Å². The van der Waals surface area contributed by atoms with Crippen molar-refractivity contribution in [3.63, 3.8) is 0 Å². The van der Waals surface area contributed by atoms with E-state index < -0.39 is 0 Å². The van der Waals surface area contributed by atoms with Crippen molar-refractivity contribution in [1.82, 2.24) is 4.90 Å². The summed E-state index contributed by atoms with van der Waals surface area (Å²) >= 11 is 4.01. The summed E-state index contributed by atoms with van der Waals surface area (Å²) in [7, 11) is 0. The van der Waals surface area contributed by atoms with Gasteiger partial charge < -0.3 is 0 Å². The Morgan fingerprint density at radius 3 is 2.56 bits per heavy atom. The van der Waals surface area contributed by atoms with Crippen LogP contribution < -0.4 is 0 Å². The van der Waals surface area contributed by atoms with E-state index in [1.54, 1.807) is 6.08 Å². The van der Waals surface area contributed by atoms with Crippen molar-refractivity contribution in [1.29, 1.82) is 0 Å². The molecule has 0 aliphatic carbocycles. The van der Waals surface area contributed by atoms with Gasteiger partial charge in [0.15, 0.2) is 0 Å². The summed E-state index contributed by atoms with van der Waals surface area (Å²) in [5, 5.41) is 0. The summed E-state index contributed by atoms with van der Waals surface area (Å²) < 4.78 is 0. The van der Waals surface area contributed by atoms with E-state index in [1.165, 1.54) is 11.8 Å². The molecule has 0 aromatic rings. The van der Waals surface area contributed by atoms with Crippen molar-refractivity contribution in [3.8, 4) is 0 Å². The molecule has 4 heteroatoms. The fraction of sp³-hybridized carbons (Fsp3) is 0.583. The lowest BCUT2D eigenvalue weighted by atomic mass is 10.3. The molecule has 0 aliphatic heterocycles. The second kappa shape index (κ2) is 9.25. The highest BCUT2D eigenvalue weighted by molar-refractivity contribution is 7.80. The third kappa shape index (κ3) is 6.49. The highest BCUT2D eigenvalue weighted by Crippen LogP contribution is 1.97. The molecule has 3 nitrogen and oxygen atoms in total. The fourth-order valence-electron chi connectivity index (χ4n) is 1.13. The van der Waals surface area contributed by atoms with Crippen LogP contribution in [0.3, 0.4) is 0 Å². The van der Waals surface area contributed by atoms with Gasteiger partial charge in [-0.3, -0.25) is 14.5 Å². The average molecular weight is 241 g/mol. The Morgan fingerprint density at radius 1 is 1.38 bits per heavy atom. The molecule has 0 N–H and O–H groups in total. The van der Waals surface area contributed by atoms with Crippen LogP contribution in [0.1, 0.15) is 33.1 Å². The van der Waals surface area contributed by atoms with Crippen molar-refractivity contribution >= 4 is 24.4 Å². The molecule has 0 rings (SSSR count). The SMILES string of the molecule is CCCC=C=CCC(=O)N(CCS)C(C)=O. The van der Waals surface area contributed by atoms with Gasteiger partial charge in [0.1, 0.15) is 0 Å². The molecule has 16 heavy (non-hydrogen) atoms. The maximum absolute atomic E-state index is 11.6. The Morgan fingerprint density at radius 2 is 2.06 bits per heavy atom. The predicted molar refractivity (Wildman–Crippen MR) is 68.4 cm³/mol. The van der Waals surface area contributed by atoms with Crippen LogP contribution in [-0.2, 0) is 9.59 Å². The van der Waals surface area contributed by atoms with E-state index in [4.69, 9.17) is 0 Å². The minimum Gasteiger partial charge on any atom is -0.282 e. The molecule has 0 fully saturated rings.